The molecule has 0 heterocycles. The van der Waals surface area contributed by atoms with Crippen LogP contribution < -0.4 is 0 Å². The maximum atomic E-state index is 2.41. The van der Waals surface area contributed by atoms with E-state index < -0.39 is 0 Å². The van der Waals surface area contributed by atoms with Gasteiger partial charge in [0.05, 0.1) is 0 Å². The third-order valence-corrected chi connectivity index (χ3v) is 10.4. The second-order valence-corrected chi connectivity index (χ2v) is 13.3. The van der Waals surface area contributed by atoms with Gasteiger partial charge in [-0.1, -0.05) is 170 Å². The van der Waals surface area contributed by atoms with E-state index in [0.717, 1.165) is 0 Å². The molecule has 0 spiro atoms. The summed E-state index contributed by atoms with van der Waals surface area (Å²) in [6.07, 6.45) is 0. The van der Waals surface area contributed by atoms with Crippen LogP contribution in [0.3, 0.4) is 0 Å². The minimum absolute atomic E-state index is 1.22. The lowest BCUT2D eigenvalue weighted by atomic mass is 9.88. The first-order valence-electron chi connectivity index (χ1n) is 17.3. The van der Waals surface area contributed by atoms with Gasteiger partial charge in [0.15, 0.2) is 0 Å². The van der Waals surface area contributed by atoms with Gasteiger partial charge in [-0.05, 0) is 123 Å². The van der Waals surface area contributed by atoms with Crippen molar-refractivity contribution in [3.05, 3.63) is 194 Å². The summed E-state index contributed by atoms with van der Waals surface area (Å²) in [5.74, 6) is 0. The van der Waals surface area contributed by atoms with Gasteiger partial charge < -0.3 is 0 Å². The molecular formula is C50H32. The maximum absolute atomic E-state index is 2.41. The van der Waals surface area contributed by atoms with E-state index in [4.69, 9.17) is 0 Å². The minimum Gasteiger partial charge on any atom is -0.0616 e. The average molecular weight is 633 g/mol. The molecule has 10 aromatic carbocycles. The third kappa shape index (κ3) is 4.77. The lowest BCUT2D eigenvalue weighted by Gasteiger charge is -2.16. The summed E-state index contributed by atoms with van der Waals surface area (Å²) in [4.78, 5) is 0. The normalized spacial score (nSPS) is 11.6. The van der Waals surface area contributed by atoms with Crippen molar-refractivity contribution in [2.24, 2.45) is 0 Å². The van der Waals surface area contributed by atoms with Crippen LogP contribution in [0.4, 0.5) is 0 Å². The van der Waals surface area contributed by atoms with Crippen LogP contribution in [0.5, 0.6) is 0 Å². The second kappa shape index (κ2) is 11.6. The Hall–Kier alpha value is -6.50. The Morgan fingerprint density at radius 2 is 0.600 bits per heavy atom. The molecule has 50 heavy (non-hydrogen) atoms. The molecule has 0 N–H and O–H groups in total. The second-order valence-electron chi connectivity index (χ2n) is 13.3. The van der Waals surface area contributed by atoms with Gasteiger partial charge in [0.1, 0.15) is 0 Å². The minimum atomic E-state index is 1.22. The van der Waals surface area contributed by atoms with Crippen molar-refractivity contribution in [3.63, 3.8) is 0 Å². The maximum Gasteiger partial charge on any atom is -0.00928 e. The largest absolute Gasteiger partial charge is 0.0616 e. The van der Waals surface area contributed by atoms with E-state index in [-0.39, 0.29) is 0 Å². The van der Waals surface area contributed by atoms with Crippen molar-refractivity contribution >= 4 is 53.9 Å². The van der Waals surface area contributed by atoms with Gasteiger partial charge >= 0.3 is 0 Å². The first kappa shape index (κ1) is 28.5. The van der Waals surface area contributed by atoms with Gasteiger partial charge in [-0.3, -0.25) is 0 Å². The van der Waals surface area contributed by atoms with Gasteiger partial charge in [0.25, 0.3) is 0 Å². The molecule has 0 fully saturated rings. The fourth-order valence-corrected chi connectivity index (χ4v) is 7.90. The van der Waals surface area contributed by atoms with Gasteiger partial charge in [-0.15, -0.1) is 0 Å². The number of fused-ring (bicyclic) bond motifs is 5. The Bertz CT molecular complexity index is 2920. The monoisotopic (exact) mass is 632 g/mol. The highest BCUT2D eigenvalue weighted by Crippen LogP contribution is 2.41. The van der Waals surface area contributed by atoms with E-state index in [1.807, 2.05) is 0 Å². The van der Waals surface area contributed by atoms with Crippen LogP contribution in [0, 0.1) is 0 Å². The van der Waals surface area contributed by atoms with Crippen LogP contribution in [-0.4, -0.2) is 0 Å². The molecular weight excluding hydrogens is 601 g/mol. The summed E-state index contributed by atoms with van der Waals surface area (Å²) in [5, 5.41) is 12.6. The van der Waals surface area contributed by atoms with E-state index in [9.17, 15) is 0 Å². The Kier molecular flexibility index (Phi) is 6.60. The van der Waals surface area contributed by atoms with Crippen LogP contribution in [0.1, 0.15) is 0 Å². The van der Waals surface area contributed by atoms with E-state index in [0.29, 0.717) is 0 Å². The fourth-order valence-electron chi connectivity index (χ4n) is 7.90. The molecule has 0 amide bonds. The van der Waals surface area contributed by atoms with Crippen molar-refractivity contribution in [2.45, 2.75) is 0 Å². The van der Waals surface area contributed by atoms with E-state index in [2.05, 4.69) is 194 Å². The summed E-state index contributed by atoms with van der Waals surface area (Å²) in [7, 11) is 0. The molecule has 0 aliphatic carbocycles. The van der Waals surface area contributed by atoms with Crippen molar-refractivity contribution in [2.75, 3.05) is 0 Å². The smallest absolute Gasteiger partial charge is 0.00928 e. The lowest BCUT2D eigenvalue weighted by molar-refractivity contribution is 1.64. The Balaban J connectivity index is 1.14. The predicted molar refractivity (Wildman–Crippen MR) is 216 cm³/mol. The molecule has 232 valence electrons. The molecule has 0 saturated heterocycles. The van der Waals surface area contributed by atoms with Crippen LogP contribution >= 0.6 is 0 Å². The molecule has 10 aromatic rings. The summed E-state index contributed by atoms with van der Waals surface area (Å²) in [6, 6.07) is 71.4. The Labute approximate surface area is 291 Å². The molecule has 0 heteroatoms. The van der Waals surface area contributed by atoms with Crippen molar-refractivity contribution < 1.29 is 0 Å². The highest BCUT2D eigenvalue weighted by atomic mass is 14.2. The number of hydrogen-bond donors (Lipinski definition) is 0. The van der Waals surface area contributed by atoms with E-state index in [1.165, 1.54) is 98.4 Å². The standard InChI is InChI=1S/C50H32/c1-2-12-36-30-42(23-19-33(36)9-1)46-27-28-49(47-18-8-14-35-11-4-6-16-44(35)47)50-32-40(25-26-48(46)50)38-20-21-39-31-41(24-22-37(39)29-38)45-17-7-13-34-10-3-5-15-43(34)45/h1-32H. The molecule has 0 aliphatic rings. The van der Waals surface area contributed by atoms with E-state index in [1.54, 1.807) is 0 Å². The predicted octanol–water partition coefficient (Wildman–Crippen LogP) is 14.1. The average Bonchev–Trinajstić information content (AvgIpc) is 3.19. The number of benzene rings is 10. The number of hydrogen-bond acceptors (Lipinski definition) is 0. The summed E-state index contributed by atoms with van der Waals surface area (Å²) >= 11 is 0. The highest BCUT2D eigenvalue weighted by Gasteiger charge is 2.14. The van der Waals surface area contributed by atoms with Crippen LogP contribution in [0.15, 0.2) is 194 Å². The molecule has 10 rings (SSSR count). The Morgan fingerprint density at radius 1 is 0.180 bits per heavy atom. The highest BCUT2D eigenvalue weighted by molar-refractivity contribution is 6.11. The molecule has 0 aliphatic heterocycles. The lowest BCUT2D eigenvalue weighted by Crippen LogP contribution is -1.89. The third-order valence-electron chi connectivity index (χ3n) is 10.4. The number of rotatable bonds is 4. The van der Waals surface area contributed by atoms with Crippen LogP contribution in [-0.2, 0) is 0 Å². The summed E-state index contributed by atoms with van der Waals surface area (Å²) < 4.78 is 0. The molecule has 0 nitrogen and oxygen atoms in total. The van der Waals surface area contributed by atoms with Crippen molar-refractivity contribution in [1.82, 2.24) is 0 Å². The van der Waals surface area contributed by atoms with Gasteiger partial charge in [0.2, 0.25) is 0 Å². The van der Waals surface area contributed by atoms with Gasteiger partial charge in [-0.2, -0.15) is 0 Å². The first-order chi connectivity index (χ1) is 24.8. The summed E-state index contributed by atoms with van der Waals surface area (Å²) in [6.45, 7) is 0. The zero-order valence-corrected chi connectivity index (χ0v) is 27.5. The summed E-state index contributed by atoms with van der Waals surface area (Å²) in [5.41, 5.74) is 9.95. The van der Waals surface area contributed by atoms with Crippen molar-refractivity contribution in [3.8, 4) is 44.5 Å². The fraction of sp³-hybridized carbons (Fsp3) is 0. The Morgan fingerprint density at radius 3 is 1.32 bits per heavy atom. The van der Waals surface area contributed by atoms with E-state index >= 15 is 0 Å². The molecule has 0 aromatic heterocycles. The zero-order chi connectivity index (χ0) is 33.0. The van der Waals surface area contributed by atoms with Gasteiger partial charge in [0, 0.05) is 0 Å². The quantitative estimate of drug-likeness (QED) is 0.181. The molecule has 0 atom stereocenters. The van der Waals surface area contributed by atoms with Crippen LogP contribution in [0.2, 0.25) is 0 Å². The molecule has 0 unspecified atom stereocenters. The zero-order valence-electron chi connectivity index (χ0n) is 27.5. The molecule has 0 bridgehead atoms. The topological polar surface area (TPSA) is 0 Å². The van der Waals surface area contributed by atoms with Crippen molar-refractivity contribution in [1.29, 1.82) is 0 Å². The molecule has 0 radical (unpaired) electrons. The SMILES string of the molecule is c1ccc2cc(-c3ccc(-c4cccc5ccccc45)c4cc(-c5ccc6cc(-c7cccc8ccccc78)ccc6c5)ccc34)ccc2c1. The molecule has 0 saturated carbocycles. The van der Waals surface area contributed by atoms with Gasteiger partial charge in [-0.25, -0.2) is 0 Å². The first-order valence-corrected chi connectivity index (χ1v) is 17.3. The van der Waals surface area contributed by atoms with Crippen LogP contribution in [0.25, 0.3) is 98.4 Å².